The largest absolute Gasteiger partial charge is 0.505 e. The predicted molar refractivity (Wildman–Crippen MR) is 149 cm³/mol. The molecule has 0 saturated carbocycles. The number of esters is 1. The van der Waals surface area contributed by atoms with Gasteiger partial charge in [0.1, 0.15) is 44.9 Å². The minimum absolute atomic E-state index is 0.00275. The van der Waals surface area contributed by atoms with Gasteiger partial charge in [0, 0.05) is 30.0 Å². The highest BCUT2D eigenvalue weighted by atomic mass is 16.5. The summed E-state index contributed by atoms with van der Waals surface area (Å²) in [5, 5.41) is 40.6. The van der Waals surface area contributed by atoms with Crippen molar-refractivity contribution in [3.63, 3.8) is 0 Å². The molecule has 0 unspecified atom stereocenters. The van der Waals surface area contributed by atoms with Crippen molar-refractivity contribution in [1.29, 1.82) is 0 Å². The second-order valence-corrected chi connectivity index (χ2v) is 9.16. The molecule has 0 spiro atoms. The Morgan fingerprint density at radius 3 is 1.88 bits per heavy atom. The first kappa shape index (κ1) is 24.8. The van der Waals surface area contributed by atoms with Crippen LogP contribution in [0.25, 0.3) is 33.4 Å². The number of hydrogen-bond acceptors (Lipinski definition) is 8. The Kier molecular flexibility index (Phi) is 6.41. The average molecular weight is 533 g/mol. The van der Waals surface area contributed by atoms with Crippen molar-refractivity contribution in [1.82, 2.24) is 30.0 Å². The maximum Gasteiger partial charge on any atom is 0.330 e. The SMILES string of the molecule is C=CC(=O)OCCc1cc(Cc2cccc(-n3nc4ccccc4n3)c2O)c(O)c(-n2nc3ccccc3n2)c1. The number of carbonyl (C=O) groups excluding carboxylic acids is 1. The Morgan fingerprint density at radius 1 is 0.750 bits per heavy atom. The summed E-state index contributed by atoms with van der Waals surface area (Å²) in [4.78, 5) is 14.3. The van der Waals surface area contributed by atoms with E-state index >= 15 is 0 Å². The third-order valence-electron chi connectivity index (χ3n) is 6.51. The molecule has 0 fully saturated rings. The first-order valence-electron chi connectivity index (χ1n) is 12.6. The molecule has 10 nitrogen and oxygen atoms in total. The number of nitrogens with zero attached hydrogens (tertiary/aromatic N) is 6. The molecule has 0 bridgehead atoms. The molecule has 2 heterocycles. The van der Waals surface area contributed by atoms with Gasteiger partial charge in [0.05, 0.1) is 6.61 Å². The fourth-order valence-corrected chi connectivity index (χ4v) is 4.52. The predicted octanol–water partition coefficient (Wildman–Crippen LogP) is 4.43. The maximum atomic E-state index is 11.6. The van der Waals surface area contributed by atoms with E-state index in [2.05, 4.69) is 27.0 Å². The van der Waals surface area contributed by atoms with Gasteiger partial charge in [-0.25, -0.2) is 4.79 Å². The van der Waals surface area contributed by atoms with Crippen molar-refractivity contribution in [2.24, 2.45) is 0 Å². The third-order valence-corrected chi connectivity index (χ3v) is 6.51. The van der Waals surface area contributed by atoms with Gasteiger partial charge >= 0.3 is 5.97 Å². The van der Waals surface area contributed by atoms with E-state index in [1.165, 1.54) is 9.59 Å². The molecule has 0 atom stereocenters. The van der Waals surface area contributed by atoms with Gasteiger partial charge in [-0.1, -0.05) is 49.0 Å². The molecule has 6 rings (SSSR count). The zero-order valence-corrected chi connectivity index (χ0v) is 21.3. The maximum absolute atomic E-state index is 11.6. The lowest BCUT2D eigenvalue weighted by molar-refractivity contribution is -0.137. The summed E-state index contributed by atoms with van der Waals surface area (Å²) in [6.45, 7) is 3.55. The molecule has 4 aromatic carbocycles. The summed E-state index contributed by atoms with van der Waals surface area (Å²) in [5.41, 5.74) is 5.45. The van der Waals surface area contributed by atoms with Crippen LogP contribution in [0, 0.1) is 0 Å². The Bertz CT molecular complexity index is 1820. The number of rotatable bonds is 8. The van der Waals surface area contributed by atoms with Crippen LogP contribution in [-0.4, -0.2) is 52.8 Å². The van der Waals surface area contributed by atoms with Crippen molar-refractivity contribution < 1.29 is 19.7 Å². The second kappa shape index (κ2) is 10.3. The van der Waals surface area contributed by atoms with E-state index in [-0.39, 0.29) is 24.5 Å². The third kappa shape index (κ3) is 4.73. The lowest BCUT2D eigenvalue weighted by Crippen LogP contribution is -2.07. The number of aromatic hydroxyl groups is 2. The molecule has 0 radical (unpaired) electrons. The molecule has 10 heteroatoms. The number of fused-ring (bicyclic) bond motifs is 2. The van der Waals surface area contributed by atoms with E-state index in [0.29, 0.717) is 51.0 Å². The Hall–Kier alpha value is -5.51. The van der Waals surface area contributed by atoms with Crippen LogP contribution in [-0.2, 0) is 22.4 Å². The molecule has 0 saturated heterocycles. The fraction of sp³-hybridized carbons (Fsp3) is 0.100. The minimum atomic E-state index is -0.513. The summed E-state index contributed by atoms with van der Waals surface area (Å²) in [7, 11) is 0. The van der Waals surface area contributed by atoms with Gasteiger partial charge in [0.2, 0.25) is 0 Å². The number of phenols is 2. The molecule has 0 aliphatic heterocycles. The summed E-state index contributed by atoms with van der Waals surface area (Å²) in [5.74, 6) is -0.544. The lowest BCUT2D eigenvalue weighted by Gasteiger charge is -2.14. The first-order valence-corrected chi connectivity index (χ1v) is 12.6. The van der Waals surface area contributed by atoms with E-state index in [9.17, 15) is 15.0 Å². The summed E-state index contributed by atoms with van der Waals surface area (Å²) >= 11 is 0. The second-order valence-electron chi connectivity index (χ2n) is 9.16. The average Bonchev–Trinajstić information content (AvgIpc) is 3.60. The van der Waals surface area contributed by atoms with Gasteiger partial charge < -0.3 is 14.9 Å². The minimum Gasteiger partial charge on any atom is -0.505 e. The summed E-state index contributed by atoms with van der Waals surface area (Å²) in [6, 6.07) is 23.7. The van der Waals surface area contributed by atoms with Crippen LogP contribution in [0.3, 0.4) is 0 Å². The summed E-state index contributed by atoms with van der Waals surface area (Å²) < 4.78 is 5.17. The van der Waals surface area contributed by atoms with Crippen LogP contribution in [0.1, 0.15) is 16.7 Å². The molecule has 0 aliphatic rings. The van der Waals surface area contributed by atoms with E-state index in [0.717, 1.165) is 11.6 Å². The zero-order chi connectivity index (χ0) is 27.6. The monoisotopic (exact) mass is 532 g/mol. The van der Waals surface area contributed by atoms with Crippen LogP contribution in [0.15, 0.2) is 91.5 Å². The van der Waals surface area contributed by atoms with Crippen molar-refractivity contribution >= 4 is 28.0 Å². The van der Waals surface area contributed by atoms with Crippen molar-refractivity contribution in [3.05, 3.63) is 108 Å². The topological polar surface area (TPSA) is 128 Å². The van der Waals surface area contributed by atoms with Gasteiger partial charge in [-0.3, -0.25) is 0 Å². The fourth-order valence-electron chi connectivity index (χ4n) is 4.52. The quantitative estimate of drug-likeness (QED) is 0.218. The van der Waals surface area contributed by atoms with Gasteiger partial charge in [0.25, 0.3) is 0 Å². The summed E-state index contributed by atoms with van der Waals surface area (Å²) in [6.07, 6.45) is 1.69. The number of ether oxygens (including phenoxy) is 1. The number of hydrogen-bond donors (Lipinski definition) is 2. The zero-order valence-electron chi connectivity index (χ0n) is 21.3. The molecule has 40 heavy (non-hydrogen) atoms. The Morgan fingerprint density at radius 2 is 1.30 bits per heavy atom. The molecular formula is C30H24N6O4. The molecule has 0 amide bonds. The van der Waals surface area contributed by atoms with Gasteiger partial charge in [-0.2, -0.15) is 0 Å². The highest BCUT2D eigenvalue weighted by molar-refractivity contribution is 5.81. The van der Waals surface area contributed by atoms with E-state index in [1.807, 2.05) is 54.6 Å². The van der Waals surface area contributed by atoms with Gasteiger partial charge in [-0.05, 0) is 42.0 Å². The lowest BCUT2D eigenvalue weighted by atomic mass is 9.98. The molecule has 2 aromatic heterocycles. The van der Waals surface area contributed by atoms with Crippen LogP contribution in [0.5, 0.6) is 11.5 Å². The number of aromatic nitrogens is 6. The molecule has 198 valence electrons. The first-order chi connectivity index (χ1) is 19.5. The van der Waals surface area contributed by atoms with Crippen LogP contribution in [0.4, 0.5) is 0 Å². The number of para-hydroxylation sites is 1. The van der Waals surface area contributed by atoms with E-state index in [4.69, 9.17) is 4.74 Å². The highest BCUT2D eigenvalue weighted by Crippen LogP contribution is 2.34. The van der Waals surface area contributed by atoms with Crippen molar-refractivity contribution in [2.45, 2.75) is 12.8 Å². The normalized spacial score (nSPS) is 11.2. The molecular weight excluding hydrogens is 508 g/mol. The van der Waals surface area contributed by atoms with Crippen molar-refractivity contribution in [2.75, 3.05) is 6.61 Å². The number of phenolic OH excluding ortho intramolecular Hbond substituents is 2. The van der Waals surface area contributed by atoms with Gasteiger partial charge in [0.15, 0.2) is 0 Å². The molecule has 2 N–H and O–H groups in total. The van der Waals surface area contributed by atoms with Crippen LogP contribution in [0.2, 0.25) is 0 Å². The molecule has 0 aliphatic carbocycles. The van der Waals surface area contributed by atoms with Crippen molar-refractivity contribution in [3.8, 4) is 22.9 Å². The number of benzene rings is 4. The smallest absolute Gasteiger partial charge is 0.330 e. The van der Waals surface area contributed by atoms with Crippen LogP contribution >= 0.6 is 0 Å². The Balaban J connectivity index is 1.39. The highest BCUT2D eigenvalue weighted by Gasteiger charge is 2.18. The standard InChI is InChI=1S/C30H24N6O4/c1-2-28(37)40-15-14-19-16-21(30(39)27(17-19)36-33-24-11-5-6-12-25(24)34-36)18-20-8-7-13-26(29(20)38)35-31-22-9-3-4-10-23(22)32-35/h2-13,16-17,38-39H,1,14-15,18H2. The van der Waals surface area contributed by atoms with Gasteiger partial charge in [-0.15, -0.1) is 30.0 Å². The van der Waals surface area contributed by atoms with Crippen LogP contribution < -0.4 is 0 Å². The number of carbonyl (C=O) groups is 1. The Labute approximate surface area is 228 Å². The van der Waals surface area contributed by atoms with E-state index < -0.39 is 5.97 Å². The van der Waals surface area contributed by atoms with E-state index in [1.54, 1.807) is 24.3 Å². The molecule has 6 aromatic rings.